The van der Waals surface area contributed by atoms with Crippen LogP contribution in [0.4, 0.5) is 0 Å². The van der Waals surface area contributed by atoms with Crippen molar-refractivity contribution in [1.82, 2.24) is 0 Å². The van der Waals surface area contributed by atoms with Gasteiger partial charge in [-0.05, 0) is 24.5 Å². The lowest BCUT2D eigenvalue weighted by molar-refractivity contribution is -0.138. The van der Waals surface area contributed by atoms with Crippen LogP contribution in [0.25, 0.3) is 0 Å². The number of benzene rings is 1. The lowest BCUT2D eigenvalue weighted by Gasteiger charge is -2.13. The number of carboxylic acids is 1. The van der Waals surface area contributed by atoms with E-state index in [9.17, 15) is 4.79 Å². The molecule has 1 fully saturated rings. The summed E-state index contributed by atoms with van der Waals surface area (Å²) in [5.74, 6) is -0.862. The van der Waals surface area contributed by atoms with E-state index in [1.165, 1.54) is 11.1 Å². The van der Waals surface area contributed by atoms with Crippen LogP contribution < -0.4 is 0 Å². The molecule has 0 bridgehead atoms. The van der Waals surface area contributed by atoms with Crippen molar-refractivity contribution in [2.75, 3.05) is 0 Å². The van der Waals surface area contributed by atoms with Gasteiger partial charge in [-0.2, -0.15) is 0 Å². The zero-order chi connectivity index (χ0) is 10.3. The molecule has 1 aliphatic rings. The highest BCUT2D eigenvalue weighted by molar-refractivity contribution is 5.77. The molecular formula is C12H14O2. The van der Waals surface area contributed by atoms with Crippen molar-refractivity contribution in [3.8, 4) is 0 Å². The standard InChI is InChI=1S/C12H14O2/c1-8-5-3-4-6-9(8)12(2)7-10(12)11(13)14/h3-6,10H,7H2,1-2H3,(H,13,14)/t10-,12-/m1/s1. The molecule has 1 aromatic carbocycles. The molecule has 1 aliphatic carbocycles. The molecule has 0 amide bonds. The van der Waals surface area contributed by atoms with Gasteiger partial charge in [0.1, 0.15) is 0 Å². The van der Waals surface area contributed by atoms with Crippen molar-refractivity contribution in [3.05, 3.63) is 35.4 Å². The maximum Gasteiger partial charge on any atom is 0.307 e. The number of hydrogen-bond donors (Lipinski definition) is 1. The van der Waals surface area contributed by atoms with E-state index in [4.69, 9.17) is 5.11 Å². The van der Waals surface area contributed by atoms with Gasteiger partial charge >= 0.3 is 5.97 Å². The van der Waals surface area contributed by atoms with Gasteiger partial charge in [-0.3, -0.25) is 4.79 Å². The van der Waals surface area contributed by atoms with Crippen molar-refractivity contribution in [3.63, 3.8) is 0 Å². The molecule has 2 nitrogen and oxygen atoms in total. The minimum atomic E-state index is -0.671. The van der Waals surface area contributed by atoms with Crippen LogP contribution in [0, 0.1) is 12.8 Å². The first-order chi connectivity index (χ1) is 6.55. The quantitative estimate of drug-likeness (QED) is 0.777. The molecule has 0 heterocycles. The summed E-state index contributed by atoms with van der Waals surface area (Å²) in [6, 6.07) is 8.04. The fourth-order valence-electron chi connectivity index (χ4n) is 2.24. The number of carbonyl (C=O) groups is 1. The Balaban J connectivity index is 2.34. The Labute approximate surface area is 83.6 Å². The molecule has 2 rings (SSSR count). The predicted octanol–water partition coefficient (Wildman–Crippen LogP) is 2.36. The van der Waals surface area contributed by atoms with E-state index in [0.717, 1.165) is 6.42 Å². The summed E-state index contributed by atoms with van der Waals surface area (Å²) in [6.45, 7) is 4.08. The molecule has 0 aliphatic heterocycles. The number of hydrogen-bond acceptors (Lipinski definition) is 1. The zero-order valence-electron chi connectivity index (χ0n) is 8.45. The molecule has 0 aromatic heterocycles. The summed E-state index contributed by atoms with van der Waals surface area (Å²) in [5.41, 5.74) is 2.25. The fraction of sp³-hybridized carbons (Fsp3) is 0.417. The van der Waals surface area contributed by atoms with Gasteiger partial charge in [-0.1, -0.05) is 31.2 Å². The van der Waals surface area contributed by atoms with Gasteiger partial charge in [0.25, 0.3) is 0 Å². The smallest absolute Gasteiger partial charge is 0.307 e. The van der Waals surface area contributed by atoms with Crippen LogP contribution in [-0.4, -0.2) is 11.1 Å². The van der Waals surface area contributed by atoms with E-state index in [2.05, 4.69) is 0 Å². The fourth-order valence-corrected chi connectivity index (χ4v) is 2.24. The summed E-state index contributed by atoms with van der Waals surface area (Å²) in [6.07, 6.45) is 0.771. The maximum atomic E-state index is 10.9. The van der Waals surface area contributed by atoms with Crippen molar-refractivity contribution in [2.45, 2.75) is 25.7 Å². The van der Waals surface area contributed by atoms with E-state index >= 15 is 0 Å². The lowest BCUT2D eigenvalue weighted by atomic mass is 9.91. The summed E-state index contributed by atoms with van der Waals surface area (Å²) < 4.78 is 0. The number of carboxylic acid groups (broad SMARTS) is 1. The first-order valence-corrected chi connectivity index (χ1v) is 4.84. The molecule has 1 N–H and O–H groups in total. The van der Waals surface area contributed by atoms with Crippen LogP contribution >= 0.6 is 0 Å². The van der Waals surface area contributed by atoms with Crippen LogP contribution in [0.2, 0.25) is 0 Å². The zero-order valence-corrected chi connectivity index (χ0v) is 8.45. The van der Waals surface area contributed by atoms with E-state index in [1.54, 1.807) is 0 Å². The molecule has 0 spiro atoms. The van der Waals surface area contributed by atoms with E-state index < -0.39 is 5.97 Å². The number of rotatable bonds is 2. The van der Waals surface area contributed by atoms with Gasteiger partial charge in [0.2, 0.25) is 0 Å². The Hall–Kier alpha value is -1.31. The second-order valence-corrected chi connectivity index (χ2v) is 4.33. The summed E-state index contributed by atoms with van der Waals surface area (Å²) in [5, 5.41) is 8.94. The third kappa shape index (κ3) is 1.22. The van der Waals surface area contributed by atoms with Crippen molar-refractivity contribution in [1.29, 1.82) is 0 Å². The van der Waals surface area contributed by atoms with E-state index in [-0.39, 0.29) is 11.3 Å². The SMILES string of the molecule is Cc1ccccc1[C@@]1(C)C[C@@H]1C(=O)O. The van der Waals surface area contributed by atoms with Gasteiger partial charge in [-0.25, -0.2) is 0 Å². The van der Waals surface area contributed by atoms with Crippen LogP contribution in [0.5, 0.6) is 0 Å². The molecule has 2 heteroatoms. The average molecular weight is 190 g/mol. The third-order valence-corrected chi connectivity index (χ3v) is 3.30. The summed E-state index contributed by atoms with van der Waals surface area (Å²) in [4.78, 5) is 10.9. The molecule has 0 saturated heterocycles. The normalized spacial score (nSPS) is 30.0. The first-order valence-electron chi connectivity index (χ1n) is 4.84. The highest BCUT2D eigenvalue weighted by Gasteiger charge is 2.56. The second-order valence-electron chi connectivity index (χ2n) is 4.33. The van der Waals surface area contributed by atoms with Crippen molar-refractivity contribution < 1.29 is 9.90 Å². The molecule has 1 aromatic rings. The molecule has 0 radical (unpaired) electrons. The average Bonchev–Trinajstić information content (AvgIpc) is 2.80. The monoisotopic (exact) mass is 190 g/mol. The largest absolute Gasteiger partial charge is 0.481 e. The first kappa shape index (κ1) is 9.25. The topological polar surface area (TPSA) is 37.3 Å². The molecule has 14 heavy (non-hydrogen) atoms. The molecule has 2 atom stereocenters. The van der Waals surface area contributed by atoms with Crippen LogP contribution in [0.3, 0.4) is 0 Å². The van der Waals surface area contributed by atoms with E-state index in [1.807, 2.05) is 38.1 Å². The van der Waals surface area contributed by atoms with Gasteiger partial charge in [0.05, 0.1) is 5.92 Å². The van der Waals surface area contributed by atoms with E-state index in [0.29, 0.717) is 0 Å². The minimum Gasteiger partial charge on any atom is -0.481 e. The Morgan fingerprint density at radius 2 is 2.14 bits per heavy atom. The van der Waals surface area contributed by atoms with Crippen molar-refractivity contribution in [2.24, 2.45) is 5.92 Å². The summed E-state index contributed by atoms with van der Waals surface area (Å²) in [7, 11) is 0. The Kier molecular flexibility index (Phi) is 1.88. The van der Waals surface area contributed by atoms with Crippen LogP contribution in [0.15, 0.2) is 24.3 Å². The van der Waals surface area contributed by atoms with Crippen molar-refractivity contribution >= 4 is 5.97 Å². The van der Waals surface area contributed by atoms with Crippen LogP contribution in [0.1, 0.15) is 24.5 Å². The Bertz CT molecular complexity index is 384. The Morgan fingerprint density at radius 3 is 2.64 bits per heavy atom. The predicted molar refractivity (Wildman–Crippen MR) is 54.3 cm³/mol. The van der Waals surface area contributed by atoms with Gasteiger partial charge in [0.15, 0.2) is 0 Å². The Morgan fingerprint density at radius 1 is 1.50 bits per heavy atom. The van der Waals surface area contributed by atoms with Gasteiger partial charge < -0.3 is 5.11 Å². The lowest BCUT2D eigenvalue weighted by Crippen LogP contribution is -2.12. The third-order valence-electron chi connectivity index (χ3n) is 3.30. The molecule has 1 saturated carbocycles. The molecular weight excluding hydrogens is 176 g/mol. The van der Waals surface area contributed by atoms with Gasteiger partial charge in [0, 0.05) is 5.41 Å². The molecule has 74 valence electrons. The molecule has 0 unspecified atom stereocenters. The number of aryl methyl sites for hydroxylation is 1. The number of aliphatic carboxylic acids is 1. The second kappa shape index (κ2) is 2.84. The minimum absolute atomic E-state index is 0.128. The maximum absolute atomic E-state index is 10.9. The summed E-state index contributed by atoms with van der Waals surface area (Å²) >= 11 is 0. The highest BCUT2D eigenvalue weighted by atomic mass is 16.4. The van der Waals surface area contributed by atoms with Gasteiger partial charge in [-0.15, -0.1) is 0 Å². The highest BCUT2D eigenvalue weighted by Crippen LogP contribution is 2.54. The van der Waals surface area contributed by atoms with Crippen LogP contribution in [-0.2, 0) is 10.2 Å².